The molecule has 0 bridgehead atoms. The van der Waals surface area contributed by atoms with E-state index in [1.165, 1.54) is 0 Å². The zero-order valence-corrected chi connectivity index (χ0v) is 11.8. The Morgan fingerprint density at radius 3 is 2.59 bits per heavy atom. The Kier molecular flexibility index (Phi) is 4.79. The standard InChI is InChI=1S/C14H14F3N3O2/c1-9-2-4-10(5-3-9)13-19-11(20-22-13)8-18-12(21)6-7-14(15,16)17/h2-5H,6-8H2,1H3,(H,18,21). The molecule has 0 saturated heterocycles. The third-order valence-electron chi connectivity index (χ3n) is 2.85. The van der Waals surface area contributed by atoms with Crippen LogP contribution in [0, 0.1) is 6.92 Å². The number of hydrogen-bond donors (Lipinski definition) is 1. The molecule has 0 spiro atoms. The van der Waals surface area contributed by atoms with Gasteiger partial charge < -0.3 is 9.84 Å². The average Bonchev–Trinajstić information content (AvgIpc) is 2.92. The molecule has 0 aliphatic rings. The van der Waals surface area contributed by atoms with Crippen molar-refractivity contribution >= 4 is 5.91 Å². The summed E-state index contributed by atoms with van der Waals surface area (Å²) >= 11 is 0. The lowest BCUT2D eigenvalue weighted by molar-refractivity contribution is -0.144. The molecule has 0 radical (unpaired) electrons. The van der Waals surface area contributed by atoms with Crippen molar-refractivity contribution in [2.75, 3.05) is 0 Å². The van der Waals surface area contributed by atoms with Crippen LogP contribution in [0.25, 0.3) is 11.5 Å². The summed E-state index contributed by atoms with van der Waals surface area (Å²) in [5, 5.41) is 5.99. The highest BCUT2D eigenvalue weighted by molar-refractivity contribution is 5.75. The normalized spacial score (nSPS) is 11.5. The molecule has 1 aromatic heterocycles. The number of amides is 1. The maximum Gasteiger partial charge on any atom is 0.389 e. The number of aromatic nitrogens is 2. The predicted octanol–water partition coefficient (Wildman–Crippen LogP) is 3.00. The zero-order chi connectivity index (χ0) is 16.2. The van der Waals surface area contributed by atoms with E-state index in [2.05, 4.69) is 15.5 Å². The number of nitrogens with zero attached hydrogens (tertiary/aromatic N) is 2. The van der Waals surface area contributed by atoms with Crippen molar-refractivity contribution in [2.24, 2.45) is 0 Å². The highest BCUT2D eigenvalue weighted by Gasteiger charge is 2.27. The molecule has 1 heterocycles. The number of alkyl halides is 3. The lowest BCUT2D eigenvalue weighted by Gasteiger charge is -2.05. The van der Waals surface area contributed by atoms with Crippen molar-refractivity contribution < 1.29 is 22.5 Å². The maximum absolute atomic E-state index is 12.0. The molecule has 0 fully saturated rings. The Balaban J connectivity index is 1.87. The molecule has 1 amide bonds. The number of rotatable bonds is 5. The summed E-state index contributed by atoms with van der Waals surface area (Å²) in [5.74, 6) is -0.213. The number of carbonyl (C=O) groups is 1. The monoisotopic (exact) mass is 313 g/mol. The molecule has 0 aliphatic carbocycles. The summed E-state index contributed by atoms with van der Waals surface area (Å²) in [7, 11) is 0. The first-order valence-electron chi connectivity index (χ1n) is 6.56. The number of aryl methyl sites for hydroxylation is 1. The predicted molar refractivity (Wildman–Crippen MR) is 71.6 cm³/mol. The van der Waals surface area contributed by atoms with E-state index in [4.69, 9.17) is 4.52 Å². The highest BCUT2D eigenvalue weighted by Crippen LogP contribution is 2.21. The van der Waals surface area contributed by atoms with Gasteiger partial charge in [0, 0.05) is 12.0 Å². The molecule has 1 N–H and O–H groups in total. The molecule has 0 unspecified atom stereocenters. The van der Waals surface area contributed by atoms with E-state index in [1.807, 2.05) is 31.2 Å². The van der Waals surface area contributed by atoms with Crippen LogP contribution in [-0.2, 0) is 11.3 Å². The van der Waals surface area contributed by atoms with Crippen LogP contribution in [-0.4, -0.2) is 22.2 Å². The van der Waals surface area contributed by atoms with Crippen molar-refractivity contribution in [1.82, 2.24) is 15.5 Å². The van der Waals surface area contributed by atoms with Crippen LogP contribution >= 0.6 is 0 Å². The van der Waals surface area contributed by atoms with E-state index < -0.39 is 24.9 Å². The summed E-state index contributed by atoms with van der Waals surface area (Å²) in [4.78, 5) is 15.4. The second-order valence-electron chi connectivity index (χ2n) is 4.77. The molecule has 8 heteroatoms. The first-order valence-corrected chi connectivity index (χ1v) is 6.56. The van der Waals surface area contributed by atoms with Crippen LogP contribution in [0.4, 0.5) is 13.2 Å². The minimum absolute atomic E-state index is 0.0773. The largest absolute Gasteiger partial charge is 0.389 e. The first-order chi connectivity index (χ1) is 10.3. The number of nitrogens with one attached hydrogen (secondary N) is 1. The van der Waals surface area contributed by atoms with Crippen molar-refractivity contribution in [2.45, 2.75) is 32.5 Å². The van der Waals surface area contributed by atoms with Crippen LogP contribution in [0.1, 0.15) is 24.2 Å². The molecule has 0 aliphatic heterocycles. The van der Waals surface area contributed by atoms with Crippen molar-refractivity contribution in [3.8, 4) is 11.5 Å². The van der Waals surface area contributed by atoms with E-state index in [-0.39, 0.29) is 12.4 Å². The number of carbonyl (C=O) groups excluding carboxylic acids is 1. The number of hydrogen-bond acceptors (Lipinski definition) is 4. The average molecular weight is 313 g/mol. The Morgan fingerprint density at radius 2 is 1.95 bits per heavy atom. The van der Waals surface area contributed by atoms with E-state index in [0.29, 0.717) is 5.89 Å². The quantitative estimate of drug-likeness (QED) is 0.921. The van der Waals surface area contributed by atoms with Crippen molar-refractivity contribution in [3.63, 3.8) is 0 Å². The molecular formula is C14H14F3N3O2. The van der Waals surface area contributed by atoms with E-state index in [1.54, 1.807) is 0 Å². The summed E-state index contributed by atoms with van der Waals surface area (Å²) in [6.45, 7) is 1.87. The molecule has 1 aromatic carbocycles. The van der Waals surface area contributed by atoms with Crippen LogP contribution in [0.15, 0.2) is 28.8 Å². The number of benzene rings is 1. The van der Waals surface area contributed by atoms with E-state index in [0.717, 1.165) is 11.1 Å². The fraction of sp³-hybridized carbons (Fsp3) is 0.357. The molecule has 5 nitrogen and oxygen atoms in total. The Morgan fingerprint density at radius 1 is 1.27 bits per heavy atom. The third-order valence-corrected chi connectivity index (χ3v) is 2.85. The first kappa shape index (κ1) is 16.0. The lowest BCUT2D eigenvalue weighted by Crippen LogP contribution is -2.25. The SMILES string of the molecule is Cc1ccc(-c2nc(CNC(=O)CCC(F)(F)F)no2)cc1. The maximum atomic E-state index is 12.0. The van der Waals surface area contributed by atoms with Gasteiger partial charge in [0.05, 0.1) is 13.0 Å². The zero-order valence-electron chi connectivity index (χ0n) is 11.8. The Hall–Kier alpha value is -2.38. The summed E-state index contributed by atoms with van der Waals surface area (Å²) in [6, 6.07) is 7.40. The molecule has 2 aromatic rings. The molecule has 118 valence electrons. The summed E-state index contributed by atoms with van der Waals surface area (Å²) in [5.41, 5.74) is 1.81. The molecule has 22 heavy (non-hydrogen) atoms. The molecule has 0 atom stereocenters. The second kappa shape index (κ2) is 6.59. The van der Waals surface area contributed by atoms with Crippen molar-refractivity contribution in [3.05, 3.63) is 35.7 Å². The van der Waals surface area contributed by atoms with Gasteiger partial charge in [-0.1, -0.05) is 22.9 Å². The van der Waals surface area contributed by atoms with Gasteiger partial charge in [0.1, 0.15) is 0 Å². The smallest absolute Gasteiger partial charge is 0.349 e. The van der Waals surface area contributed by atoms with Gasteiger partial charge in [-0.25, -0.2) is 0 Å². The van der Waals surface area contributed by atoms with Crippen molar-refractivity contribution in [1.29, 1.82) is 0 Å². The van der Waals surface area contributed by atoms with Gasteiger partial charge >= 0.3 is 6.18 Å². The van der Waals surface area contributed by atoms with Gasteiger partial charge in [0.15, 0.2) is 5.82 Å². The van der Waals surface area contributed by atoms with Crippen LogP contribution < -0.4 is 5.32 Å². The summed E-state index contributed by atoms with van der Waals surface area (Å²) in [6.07, 6.45) is -6.12. The molecule has 0 saturated carbocycles. The topological polar surface area (TPSA) is 68.0 Å². The van der Waals surface area contributed by atoms with E-state index in [9.17, 15) is 18.0 Å². The molecular weight excluding hydrogens is 299 g/mol. The van der Waals surface area contributed by atoms with Crippen LogP contribution in [0.2, 0.25) is 0 Å². The van der Waals surface area contributed by atoms with E-state index >= 15 is 0 Å². The fourth-order valence-corrected chi connectivity index (χ4v) is 1.66. The van der Waals surface area contributed by atoms with Gasteiger partial charge in [0.2, 0.25) is 5.91 Å². The third kappa shape index (κ3) is 4.87. The van der Waals surface area contributed by atoms with Gasteiger partial charge in [-0.2, -0.15) is 18.2 Å². The minimum atomic E-state index is -4.35. The highest BCUT2D eigenvalue weighted by atomic mass is 19.4. The van der Waals surface area contributed by atoms with Gasteiger partial charge in [-0.3, -0.25) is 4.79 Å². The molecule has 2 rings (SSSR count). The minimum Gasteiger partial charge on any atom is -0.349 e. The Labute approximate surface area is 124 Å². The summed E-state index contributed by atoms with van der Waals surface area (Å²) < 4.78 is 41.0. The van der Waals surface area contributed by atoms with Crippen LogP contribution in [0.5, 0.6) is 0 Å². The van der Waals surface area contributed by atoms with Gasteiger partial charge in [0.25, 0.3) is 5.89 Å². The Bertz CT molecular complexity index is 636. The fourth-order valence-electron chi connectivity index (χ4n) is 1.66. The lowest BCUT2D eigenvalue weighted by atomic mass is 10.1. The van der Waals surface area contributed by atoms with Crippen LogP contribution in [0.3, 0.4) is 0 Å². The van der Waals surface area contributed by atoms with Gasteiger partial charge in [-0.05, 0) is 19.1 Å². The second-order valence-corrected chi connectivity index (χ2v) is 4.77. The van der Waals surface area contributed by atoms with Gasteiger partial charge in [-0.15, -0.1) is 0 Å². The number of halogens is 3.